The van der Waals surface area contributed by atoms with Gasteiger partial charge in [-0.3, -0.25) is 19.2 Å². The van der Waals surface area contributed by atoms with E-state index in [-0.39, 0.29) is 22.0 Å². The molecule has 0 saturated heterocycles. The molecule has 11 heteroatoms. The Balaban J connectivity index is 1.95. The average Bonchev–Trinajstić information content (AvgIpc) is 2.79. The highest BCUT2D eigenvalue weighted by Crippen LogP contribution is 2.26. The Morgan fingerprint density at radius 1 is 1.09 bits per heavy atom. The Morgan fingerprint density at radius 2 is 1.73 bits per heavy atom. The number of nitrogens with one attached hydrogen (secondary N) is 1. The van der Waals surface area contributed by atoms with Crippen molar-refractivity contribution in [2.75, 3.05) is 23.3 Å². The number of benzene rings is 3. The van der Waals surface area contributed by atoms with E-state index in [1.165, 1.54) is 61.7 Å². The smallest absolute Gasteiger partial charge is 0.271 e. The maximum absolute atomic E-state index is 13.4. The molecule has 3 rings (SSSR count). The summed E-state index contributed by atoms with van der Waals surface area (Å²) >= 11 is 0. The molecular weight excluding hydrogens is 453 g/mol. The van der Waals surface area contributed by atoms with Gasteiger partial charge in [0.15, 0.2) is 0 Å². The number of methoxy groups -OCH3 is 1. The zero-order chi connectivity index (χ0) is 24.2. The molecule has 0 aliphatic rings. The summed E-state index contributed by atoms with van der Waals surface area (Å²) < 4.78 is 46.0. The lowest BCUT2D eigenvalue weighted by atomic mass is 10.2. The lowest BCUT2D eigenvalue weighted by Crippen LogP contribution is -2.38. The van der Waals surface area contributed by atoms with Gasteiger partial charge in [0, 0.05) is 12.1 Å². The van der Waals surface area contributed by atoms with Gasteiger partial charge >= 0.3 is 0 Å². The molecule has 0 radical (unpaired) electrons. The maximum atomic E-state index is 13.4. The molecule has 9 nitrogen and oxygen atoms in total. The van der Waals surface area contributed by atoms with Crippen LogP contribution in [0.2, 0.25) is 0 Å². The lowest BCUT2D eigenvalue weighted by molar-refractivity contribution is -0.384. The largest absolute Gasteiger partial charge is 0.497 e. The number of amides is 1. The van der Waals surface area contributed by atoms with E-state index in [0.29, 0.717) is 11.3 Å². The number of ether oxygens (including phenoxy) is 1. The van der Waals surface area contributed by atoms with E-state index >= 15 is 0 Å². The fourth-order valence-corrected chi connectivity index (χ4v) is 4.40. The molecule has 172 valence electrons. The quantitative estimate of drug-likeness (QED) is 0.392. The number of sulfonamides is 1. The molecule has 1 N–H and O–H groups in total. The summed E-state index contributed by atoms with van der Waals surface area (Å²) in [7, 11) is -2.79. The van der Waals surface area contributed by atoms with Crippen LogP contribution in [0.3, 0.4) is 0 Å². The van der Waals surface area contributed by atoms with Gasteiger partial charge < -0.3 is 10.1 Å². The second-order valence-corrected chi connectivity index (χ2v) is 8.83. The molecule has 0 saturated carbocycles. The van der Waals surface area contributed by atoms with E-state index in [1.54, 1.807) is 6.92 Å². The Morgan fingerprint density at radius 3 is 2.30 bits per heavy atom. The SMILES string of the molecule is COc1ccc(S(=O)(=O)N(CC(=O)Nc2cc([N+](=O)[O-])ccc2C)c2ccc(F)cc2)cc1. The Bertz CT molecular complexity index is 1280. The standard InChI is InChI=1S/C22H20FN3O6S/c1-15-3-6-18(26(28)29)13-21(15)24-22(27)14-25(17-7-4-16(23)5-8-17)33(30,31)20-11-9-19(32-2)10-12-20/h3-13H,14H2,1-2H3,(H,24,27). The maximum Gasteiger partial charge on any atom is 0.271 e. The van der Waals surface area contributed by atoms with Crippen LogP contribution >= 0.6 is 0 Å². The number of non-ortho nitro benzene ring substituents is 1. The fourth-order valence-electron chi connectivity index (χ4n) is 2.98. The van der Waals surface area contributed by atoms with Gasteiger partial charge in [0.2, 0.25) is 5.91 Å². The van der Waals surface area contributed by atoms with Gasteiger partial charge in [-0.25, -0.2) is 12.8 Å². The van der Waals surface area contributed by atoms with Crippen molar-refractivity contribution in [2.45, 2.75) is 11.8 Å². The minimum Gasteiger partial charge on any atom is -0.497 e. The molecule has 0 fully saturated rings. The number of carbonyl (C=O) groups excluding carboxylic acids is 1. The molecule has 0 heterocycles. The first-order valence-corrected chi connectivity index (χ1v) is 11.0. The molecule has 0 spiro atoms. The van der Waals surface area contributed by atoms with Crippen molar-refractivity contribution in [2.24, 2.45) is 0 Å². The monoisotopic (exact) mass is 473 g/mol. The Kier molecular flexibility index (Phi) is 6.92. The molecule has 1 amide bonds. The number of nitro groups is 1. The van der Waals surface area contributed by atoms with Crippen LogP contribution in [0.4, 0.5) is 21.5 Å². The number of hydrogen-bond donors (Lipinski definition) is 1. The van der Waals surface area contributed by atoms with Crippen LogP contribution in [0, 0.1) is 22.9 Å². The zero-order valence-electron chi connectivity index (χ0n) is 17.7. The summed E-state index contributed by atoms with van der Waals surface area (Å²) in [5, 5.41) is 13.6. The van der Waals surface area contributed by atoms with Crippen molar-refractivity contribution in [1.29, 1.82) is 0 Å². The van der Waals surface area contributed by atoms with Gasteiger partial charge in [0.25, 0.3) is 15.7 Å². The van der Waals surface area contributed by atoms with Gasteiger partial charge in [-0.15, -0.1) is 0 Å². The summed E-state index contributed by atoms with van der Waals surface area (Å²) in [4.78, 5) is 23.1. The second-order valence-electron chi connectivity index (χ2n) is 6.97. The molecule has 3 aromatic rings. The normalized spacial score (nSPS) is 11.0. The molecule has 0 unspecified atom stereocenters. The Labute approximate surface area is 189 Å². The number of carbonyl (C=O) groups is 1. The Hall–Kier alpha value is -3.99. The number of nitrogens with zero attached hydrogens (tertiary/aromatic N) is 2. The number of anilines is 2. The van der Waals surface area contributed by atoms with Crippen molar-refractivity contribution >= 4 is 33.0 Å². The lowest BCUT2D eigenvalue weighted by Gasteiger charge is -2.24. The highest BCUT2D eigenvalue weighted by molar-refractivity contribution is 7.92. The number of halogens is 1. The highest BCUT2D eigenvalue weighted by atomic mass is 32.2. The summed E-state index contributed by atoms with van der Waals surface area (Å²) in [6, 6.07) is 14.2. The van der Waals surface area contributed by atoms with Crippen LogP contribution < -0.4 is 14.4 Å². The number of hydrogen-bond acceptors (Lipinski definition) is 6. The first-order chi connectivity index (χ1) is 15.6. The zero-order valence-corrected chi connectivity index (χ0v) is 18.5. The number of nitro benzene ring substituents is 1. The van der Waals surface area contributed by atoms with E-state index in [2.05, 4.69) is 5.32 Å². The van der Waals surface area contributed by atoms with Crippen LogP contribution in [-0.4, -0.2) is 32.9 Å². The van der Waals surface area contributed by atoms with Gasteiger partial charge in [-0.05, 0) is 61.0 Å². The molecule has 0 atom stereocenters. The summed E-state index contributed by atoms with van der Waals surface area (Å²) in [5.74, 6) is -0.863. The van der Waals surface area contributed by atoms with E-state index in [4.69, 9.17) is 4.74 Å². The van der Waals surface area contributed by atoms with Gasteiger partial charge in [0.1, 0.15) is 18.1 Å². The van der Waals surface area contributed by atoms with E-state index in [1.807, 2.05) is 0 Å². The third kappa shape index (κ3) is 5.44. The number of aryl methyl sites for hydroxylation is 1. The molecule has 0 aromatic heterocycles. The minimum absolute atomic E-state index is 0.0677. The van der Waals surface area contributed by atoms with Crippen LogP contribution in [0.1, 0.15) is 5.56 Å². The van der Waals surface area contributed by atoms with Crippen LogP contribution in [0.5, 0.6) is 5.75 Å². The predicted molar refractivity (Wildman–Crippen MR) is 120 cm³/mol. The van der Waals surface area contributed by atoms with Gasteiger partial charge in [0.05, 0.1) is 28.3 Å². The second kappa shape index (κ2) is 9.65. The van der Waals surface area contributed by atoms with Crippen LogP contribution in [0.25, 0.3) is 0 Å². The first-order valence-electron chi connectivity index (χ1n) is 9.59. The average molecular weight is 473 g/mol. The van der Waals surface area contributed by atoms with Gasteiger partial charge in [-0.1, -0.05) is 6.07 Å². The van der Waals surface area contributed by atoms with E-state index < -0.39 is 33.2 Å². The third-order valence-electron chi connectivity index (χ3n) is 4.76. The summed E-state index contributed by atoms with van der Waals surface area (Å²) in [6.07, 6.45) is 0. The molecule has 33 heavy (non-hydrogen) atoms. The van der Waals surface area contributed by atoms with E-state index in [0.717, 1.165) is 16.4 Å². The van der Waals surface area contributed by atoms with Crippen molar-refractivity contribution in [1.82, 2.24) is 0 Å². The van der Waals surface area contributed by atoms with Crippen molar-refractivity contribution in [3.8, 4) is 5.75 Å². The van der Waals surface area contributed by atoms with Crippen molar-refractivity contribution in [3.63, 3.8) is 0 Å². The van der Waals surface area contributed by atoms with E-state index in [9.17, 15) is 27.7 Å². The third-order valence-corrected chi connectivity index (χ3v) is 6.54. The molecule has 0 aliphatic heterocycles. The molecule has 3 aromatic carbocycles. The predicted octanol–water partition coefficient (Wildman–Crippen LogP) is 3.88. The topological polar surface area (TPSA) is 119 Å². The van der Waals surface area contributed by atoms with Gasteiger partial charge in [-0.2, -0.15) is 0 Å². The first kappa shape index (κ1) is 23.7. The fraction of sp³-hybridized carbons (Fsp3) is 0.136. The molecule has 0 aliphatic carbocycles. The van der Waals surface area contributed by atoms with Crippen molar-refractivity contribution < 1.29 is 27.3 Å². The molecule has 0 bridgehead atoms. The van der Waals surface area contributed by atoms with Crippen molar-refractivity contribution in [3.05, 3.63) is 88.2 Å². The summed E-state index contributed by atoms with van der Waals surface area (Å²) in [6.45, 7) is 0.993. The van der Waals surface area contributed by atoms with Crippen LogP contribution in [0.15, 0.2) is 71.6 Å². The number of rotatable bonds is 8. The minimum atomic E-state index is -4.22. The molecular formula is C22H20FN3O6S. The summed E-state index contributed by atoms with van der Waals surface area (Å²) in [5.41, 5.74) is 0.575. The highest BCUT2D eigenvalue weighted by Gasteiger charge is 2.27. The van der Waals surface area contributed by atoms with Crippen LogP contribution in [-0.2, 0) is 14.8 Å².